The summed E-state index contributed by atoms with van der Waals surface area (Å²) in [5.74, 6) is -0.411. The van der Waals surface area contributed by atoms with Crippen molar-refractivity contribution in [1.82, 2.24) is 34.9 Å². The van der Waals surface area contributed by atoms with E-state index in [0.717, 1.165) is 48.3 Å². The van der Waals surface area contributed by atoms with E-state index in [1.54, 1.807) is 24.3 Å². The van der Waals surface area contributed by atoms with Gasteiger partial charge in [-0.3, -0.25) is 34.2 Å². The molecule has 0 aliphatic carbocycles. The Labute approximate surface area is 381 Å². The predicted molar refractivity (Wildman–Crippen MR) is 244 cm³/mol. The van der Waals surface area contributed by atoms with Crippen LogP contribution < -0.4 is 21.1 Å². The van der Waals surface area contributed by atoms with Crippen LogP contribution in [0.4, 0.5) is 11.5 Å². The van der Waals surface area contributed by atoms with Crippen LogP contribution in [0, 0.1) is 0 Å². The number of hydrogen-bond acceptors (Lipinski definition) is 14. The van der Waals surface area contributed by atoms with Gasteiger partial charge in [0, 0.05) is 43.9 Å². The highest BCUT2D eigenvalue weighted by Gasteiger charge is 2.45. The Bertz CT molecular complexity index is 2570. The van der Waals surface area contributed by atoms with Crippen LogP contribution in [0.5, 0.6) is 11.5 Å². The van der Waals surface area contributed by atoms with Gasteiger partial charge in [-0.15, -0.1) is 0 Å². The molecule has 0 bridgehead atoms. The number of allylic oxidation sites excluding steroid dienone is 1. The van der Waals surface area contributed by atoms with Crippen LogP contribution in [-0.2, 0) is 28.6 Å². The molecular weight excluding hydrogens is 847 g/mol. The number of nitrogen functional groups attached to an aromatic ring is 1. The molecule has 3 aliphatic rings. The zero-order chi connectivity index (χ0) is 45.8. The maximum absolute atomic E-state index is 13.3. The summed E-state index contributed by atoms with van der Waals surface area (Å²) in [5, 5.41) is 11.0. The lowest BCUT2D eigenvalue weighted by Crippen LogP contribution is -2.54. The Morgan fingerprint density at radius 1 is 0.833 bits per heavy atom. The van der Waals surface area contributed by atoms with Crippen LogP contribution >= 0.6 is 0 Å². The van der Waals surface area contributed by atoms with Crippen LogP contribution in [0.25, 0.3) is 22.3 Å². The summed E-state index contributed by atoms with van der Waals surface area (Å²) >= 11 is 0. The first-order chi connectivity index (χ1) is 32.3. The quantitative estimate of drug-likeness (QED) is 0.0482. The fourth-order valence-corrected chi connectivity index (χ4v) is 8.33. The van der Waals surface area contributed by atoms with E-state index in [1.807, 2.05) is 70.3 Å². The molecule has 4 N–H and O–H groups in total. The standard InChI is InChI=1S/C48H53N9O9/c49-44-42-43(32-16-18-35(19-17-32)66-34-11-4-3-5-12-34)54-57(45(42)52-31-51-44)33-10-9-23-55(30-33)40(59)15-6-1-2-7-24-63-26-28-65-29-27-64-25-22-50-37-14-8-13-36-41(37)48(62)56(47(36)61)38-20-21-39(58)53-46(38)60/h3-6,8,11-19,31,33,38,50H,1-2,7,9-10,20-30H2,(H2,49,51,52)(H,53,58,60)/b15-6+. The van der Waals surface area contributed by atoms with Crippen LogP contribution in [0.15, 0.2) is 91.3 Å². The van der Waals surface area contributed by atoms with Crippen LogP contribution in [0.2, 0.25) is 0 Å². The number of likely N-dealkylation sites (tertiary alicyclic amines) is 1. The highest BCUT2D eigenvalue weighted by atomic mass is 16.5. The minimum Gasteiger partial charge on any atom is -0.457 e. The second-order valence-corrected chi connectivity index (χ2v) is 16.1. The number of nitrogens with one attached hydrogen (secondary N) is 2. The first kappa shape index (κ1) is 45.5. The summed E-state index contributed by atoms with van der Waals surface area (Å²) in [6.45, 7) is 4.11. The molecule has 5 aromatic rings. The molecule has 5 heterocycles. The van der Waals surface area contributed by atoms with Gasteiger partial charge in [0.05, 0.1) is 55.6 Å². The molecule has 2 atom stereocenters. The van der Waals surface area contributed by atoms with Crippen molar-refractivity contribution in [2.45, 2.75) is 57.0 Å². The zero-order valence-corrected chi connectivity index (χ0v) is 36.6. The summed E-state index contributed by atoms with van der Waals surface area (Å²) in [6.07, 6.45) is 9.37. The monoisotopic (exact) mass is 899 g/mol. The number of imide groups is 2. The van der Waals surface area contributed by atoms with Crippen molar-refractivity contribution in [3.63, 3.8) is 0 Å². The largest absolute Gasteiger partial charge is 0.457 e. The number of piperidine rings is 2. The van der Waals surface area contributed by atoms with Gasteiger partial charge in [0.25, 0.3) is 11.8 Å². The van der Waals surface area contributed by atoms with Gasteiger partial charge in [-0.05, 0) is 93.1 Å². The topological polar surface area (TPSA) is 222 Å². The molecule has 18 nitrogen and oxygen atoms in total. The lowest BCUT2D eigenvalue weighted by atomic mass is 10.0. The molecule has 3 aliphatic heterocycles. The molecule has 2 saturated heterocycles. The number of carbonyl (C=O) groups excluding carboxylic acids is 5. The van der Waals surface area contributed by atoms with Gasteiger partial charge in [0.15, 0.2) is 5.65 Å². The Kier molecular flexibility index (Phi) is 15.0. The molecule has 0 spiro atoms. The van der Waals surface area contributed by atoms with E-state index in [2.05, 4.69) is 20.6 Å². The predicted octanol–water partition coefficient (Wildman–Crippen LogP) is 5.32. The number of unbranched alkanes of at least 4 members (excludes halogenated alkanes) is 2. The van der Waals surface area contributed by atoms with Crippen LogP contribution in [0.1, 0.15) is 71.7 Å². The average molecular weight is 900 g/mol. The summed E-state index contributed by atoms with van der Waals surface area (Å²) in [4.78, 5) is 75.1. The lowest BCUT2D eigenvalue weighted by Gasteiger charge is -2.32. The van der Waals surface area contributed by atoms with E-state index in [9.17, 15) is 24.0 Å². The molecule has 0 radical (unpaired) electrons. The molecule has 344 valence electrons. The van der Waals surface area contributed by atoms with Crippen molar-refractivity contribution >= 4 is 52.1 Å². The Morgan fingerprint density at radius 3 is 2.38 bits per heavy atom. The van der Waals surface area contributed by atoms with Crippen LogP contribution in [-0.4, -0.2) is 124 Å². The second kappa shape index (κ2) is 21.8. The van der Waals surface area contributed by atoms with E-state index >= 15 is 0 Å². The first-order valence-electron chi connectivity index (χ1n) is 22.4. The van der Waals surface area contributed by atoms with Crippen molar-refractivity contribution in [1.29, 1.82) is 0 Å². The van der Waals surface area contributed by atoms with Gasteiger partial charge in [-0.25, -0.2) is 14.6 Å². The van der Waals surface area contributed by atoms with Gasteiger partial charge >= 0.3 is 0 Å². The number of amides is 5. The van der Waals surface area contributed by atoms with Gasteiger partial charge in [0.1, 0.15) is 35.4 Å². The SMILES string of the molecule is Nc1ncnc2c1c(-c1ccc(Oc3ccccc3)cc1)nn2C1CCCN(C(=O)/C=C/CCCCOCCOCCOCCNc2cccc3c2C(=O)N(C2CCC(=O)NC2=O)C3=O)C1. The minimum atomic E-state index is -1.02. The maximum Gasteiger partial charge on any atom is 0.264 e. The number of rotatable bonds is 21. The highest BCUT2D eigenvalue weighted by Crippen LogP contribution is 2.36. The van der Waals surface area contributed by atoms with Crippen molar-refractivity contribution in [3.8, 4) is 22.8 Å². The smallest absolute Gasteiger partial charge is 0.264 e. The minimum absolute atomic E-state index is 0.0261. The van der Waals surface area contributed by atoms with Gasteiger partial charge < -0.3 is 34.9 Å². The maximum atomic E-state index is 13.3. The van der Waals surface area contributed by atoms with E-state index in [1.165, 1.54) is 6.33 Å². The first-order valence-corrected chi connectivity index (χ1v) is 22.4. The molecule has 2 fully saturated rings. The third-order valence-electron chi connectivity index (χ3n) is 11.6. The van der Waals surface area contributed by atoms with Crippen LogP contribution in [0.3, 0.4) is 0 Å². The fourth-order valence-electron chi connectivity index (χ4n) is 8.33. The Hall–Kier alpha value is -7.02. The molecule has 2 aromatic heterocycles. The van der Waals surface area contributed by atoms with Crippen molar-refractivity contribution < 1.29 is 42.9 Å². The number of aromatic nitrogens is 4. The summed E-state index contributed by atoms with van der Waals surface area (Å²) in [7, 11) is 0. The molecular formula is C48H53N9O9. The van der Waals surface area contributed by atoms with E-state index in [0.29, 0.717) is 93.3 Å². The van der Waals surface area contributed by atoms with Gasteiger partial charge in [-0.1, -0.05) is 30.3 Å². The number of nitrogens with two attached hydrogens (primary N) is 1. The average Bonchev–Trinajstić information content (AvgIpc) is 3.85. The molecule has 0 saturated carbocycles. The van der Waals surface area contributed by atoms with Gasteiger partial charge in [-0.2, -0.15) is 5.10 Å². The third kappa shape index (κ3) is 10.7. The van der Waals surface area contributed by atoms with E-state index < -0.39 is 29.7 Å². The van der Waals surface area contributed by atoms with Crippen molar-refractivity contribution in [3.05, 3.63) is 102 Å². The normalized spacial score (nSPS) is 17.5. The zero-order valence-electron chi connectivity index (χ0n) is 36.6. The number of fused-ring (bicyclic) bond motifs is 2. The Morgan fingerprint density at radius 2 is 1.59 bits per heavy atom. The number of para-hydroxylation sites is 1. The Balaban J connectivity index is 0.687. The van der Waals surface area contributed by atoms with Gasteiger partial charge in [0.2, 0.25) is 17.7 Å². The number of nitrogens with zero attached hydrogens (tertiary/aromatic N) is 6. The number of carbonyl (C=O) groups is 5. The fraction of sp³-hybridized carbons (Fsp3) is 0.375. The van der Waals surface area contributed by atoms with E-state index in [-0.39, 0.29) is 35.9 Å². The summed E-state index contributed by atoms with van der Waals surface area (Å²) < 4.78 is 24.9. The number of anilines is 2. The summed E-state index contributed by atoms with van der Waals surface area (Å²) in [6, 6.07) is 21.1. The summed E-state index contributed by atoms with van der Waals surface area (Å²) in [5.41, 5.74) is 9.47. The molecule has 18 heteroatoms. The molecule has 2 unspecified atom stereocenters. The number of hydrogen-bond donors (Lipinski definition) is 3. The number of ether oxygens (including phenoxy) is 4. The molecule has 3 aromatic carbocycles. The third-order valence-corrected chi connectivity index (χ3v) is 11.6. The molecule has 5 amide bonds. The molecule has 66 heavy (non-hydrogen) atoms. The van der Waals surface area contributed by atoms with Crippen molar-refractivity contribution in [2.75, 3.05) is 70.3 Å². The van der Waals surface area contributed by atoms with E-state index in [4.69, 9.17) is 29.8 Å². The van der Waals surface area contributed by atoms with Crippen molar-refractivity contribution in [2.24, 2.45) is 0 Å². The lowest BCUT2D eigenvalue weighted by molar-refractivity contribution is -0.136. The molecule has 8 rings (SSSR count). The second-order valence-electron chi connectivity index (χ2n) is 16.1. The highest BCUT2D eigenvalue weighted by molar-refractivity contribution is 6.25. The number of benzene rings is 3.